The highest BCUT2D eigenvalue weighted by molar-refractivity contribution is 5.95. The van der Waals surface area contributed by atoms with Crippen LogP contribution in [0.4, 0.5) is 0 Å². The highest BCUT2D eigenvalue weighted by Gasteiger charge is 2.30. The summed E-state index contributed by atoms with van der Waals surface area (Å²) in [5.41, 5.74) is 1.33. The summed E-state index contributed by atoms with van der Waals surface area (Å²) in [7, 11) is 0. The van der Waals surface area contributed by atoms with Crippen LogP contribution < -0.4 is 0 Å². The maximum atomic E-state index is 12.7. The zero-order valence-corrected chi connectivity index (χ0v) is 13.3. The number of carbonyl (C=O) groups is 2. The maximum Gasteiger partial charge on any atom is 0.354 e. The van der Waals surface area contributed by atoms with Gasteiger partial charge in [0.2, 0.25) is 0 Å². The van der Waals surface area contributed by atoms with Crippen LogP contribution in [-0.2, 0) is 4.74 Å². The molecule has 1 aliphatic heterocycles. The van der Waals surface area contributed by atoms with E-state index in [1.54, 1.807) is 4.90 Å². The van der Waals surface area contributed by atoms with Gasteiger partial charge in [0.15, 0.2) is 0 Å². The van der Waals surface area contributed by atoms with E-state index in [4.69, 9.17) is 9.84 Å². The summed E-state index contributed by atoms with van der Waals surface area (Å²) >= 11 is 0. The lowest BCUT2D eigenvalue weighted by molar-refractivity contribution is -0.0691. The molecule has 0 radical (unpaired) electrons. The topological polar surface area (TPSA) is 79.7 Å². The summed E-state index contributed by atoms with van der Waals surface area (Å²) < 4.78 is 5.95. The third-order valence-corrected chi connectivity index (χ3v) is 3.95. The van der Waals surface area contributed by atoms with Crippen molar-refractivity contribution in [3.05, 3.63) is 65.5 Å². The average molecular weight is 326 g/mol. The van der Waals surface area contributed by atoms with E-state index in [-0.39, 0.29) is 23.8 Å². The monoisotopic (exact) mass is 326 g/mol. The molecule has 0 bridgehead atoms. The number of pyridine rings is 1. The number of aromatic carboxylic acids is 1. The first-order valence-electron chi connectivity index (χ1n) is 7.73. The largest absolute Gasteiger partial charge is 0.477 e. The van der Waals surface area contributed by atoms with E-state index in [2.05, 4.69) is 4.98 Å². The maximum absolute atomic E-state index is 12.7. The van der Waals surface area contributed by atoms with Crippen molar-refractivity contribution in [3.63, 3.8) is 0 Å². The van der Waals surface area contributed by atoms with Crippen molar-refractivity contribution < 1.29 is 19.4 Å². The summed E-state index contributed by atoms with van der Waals surface area (Å²) in [4.78, 5) is 29.1. The Labute approximate surface area is 139 Å². The van der Waals surface area contributed by atoms with Crippen LogP contribution in [0.3, 0.4) is 0 Å². The smallest absolute Gasteiger partial charge is 0.354 e. The third-order valence-electron chi connectivity index (χ3n) is 3.95. The molecule has 1 N–H and O–H groups in total. The molecular weight excluding hydrogens is 308 g/mol. The van der Waals surface area contributed by atoms with Crippen LogP contribution in [0.15, 0.2) is 48.7 Å². The molecule has 1 fully saturated rings. The number of carboxylic acids is 1. The second-order valence-electron chi connectivity index (χ2n) is 5.79. The molecular formula is C18H18N2O4. The van der Waals surface area contributed by atoms with Crippen molar-refractivity contribution in [2.24, 2.45) is 0 Å². The van der Waals surface area contributed by atoms with Crippen LogP contribution in [0.25, 0.3) is 0 Å². The molecule has 2 aromatic rings. The van der Waals surface area contributed by atoms with Gasteiger partial charge in [0.1, 0.15) is 11.8 Å². The predicted molar refractivity (Wildman–Crippen MR) is 86.8 cm³/mol. The lowest BCUT2D eigenvalue weighted by atomic mass is 10.1. The molecule has 1 saturated heterocycles. The SMILES string of the molecule is C[C@H]1CN(C(=O)c2ccc(C(=O)O)nc2)C[C@@H](c2ccccc2)O1. The van der Waals surface area contributed by atoms with Gasteiger partial charge in [-0.05, 0) is 24.6 Å². The number of rotatable bonds is 3. The van der Waals surface area contributed by atoms with Gasteiger partial charge in [-0.3, -0.25) is 4.79 Å². The minimum atomic E-state index is -1.11. The van der Waals surface area contributed by atoms with Crippen LogP contribution in [0.5, 0.6) is 0 Å². The number of hydrogen-bond acceptors (Lipinski definition) is 4. The Kier molecular flexibility index (Phi) is 4.57. The highest BCUT2D eigenvalue weighted by atomic mass is 16.5. The van der Waals surface area contributed by atoms with Crippen molar-refractivity contribution in [2.75, 3.05) is 13.1 Å². The Morgan fingerprint density at radius 2 is 1.92 bits per heavy atom. The van der Waals surface area contributed by atoms with E-state index in [1.807, 2.05) is 37.3 Å². The Balaban J connectivity index is 1.77. The highest BCUT2D eigenvalue weighted by Crippen LogP contribution is 2.26. The number of nitrogens with zero attached hydrogens (tertiary/aromatic N) is 2. The van der Waals surface area contributed by atoms with Crippen molar-refractivity contribution >= 4 is 11.9 Å². The van der Waals surface area contributed by atoms with Gasteiger partial charge in [-0.1, -0.05) is 30.3 Å². The quantitative estimate of drug-likeness (QED) is 0.937. The normalized spacial score (nSPS) is 20.6. The molecule has 6 heteroatoms. The molecule has 0 spiro atoms. The number of aromatic nitrogens is 1. The van der Waals surface area contributed by atoms with Crippen molar-refractivity contribution in [3.8, 4) is 0 Å². The second kappa shape index (κ2) is 6.80. The first-order valence-corrected chi connectivity index (χ1v) is 7.73. The molecule has 6 nitrogen and oxygen atoms in total. The zero-order valence-electron chi connectivity index (χ0n) is 13.3. The number of morpholine rings is 1. The number of carboxylic acid groups (broad SMARTS) is 1. The summed E-state index contributed by atoms with van der Waals surface area (Å²) in [6.45, 7) is 2.87. The van der Waals surface area contributed by atoms with E-state index < -0.39 is 5.97 Å². The predicted octanol–water partition coefficient (Wildman–Crippen LogP) is 2.38. The van der Waals surface area contributed by atoms with Gasteiger partial charge in [-0.2, -0.15) is 0 Å². The molecule has 2 atom stereocenters. The fourth-order valence-electron chi connectivity index (χ4n) is 2.80. The molecule has 0 aliphatic carbocycles. The van der Waals surface area contributed by atoms with Crippen LogP contribution in [0.1, 0.15) is 39.4 Å². The average Bonchev–Trinajstić information content (AvgIpc) is 2.61. The van der Waals surface area contributed by atoms with Crippen molar-refractivity contribution in [2.45, 2.75) is 19.1 Å². The second-order valence-corrected chi connectivity index (χ2v) is 5.79. The van der Waals surface area contributed by atoms with Crippen molar-refractivity contribution in [1.82, 2.24) is 9.88 Å². The molecule has 1 amide bonds. The lowest BCUT2D eigenvalue weighted by Crippen LogP contribution is -2.46. The fraction of sp³-hybridized carbons (Fsp3) is 0.278. The third kappa shape index (κ3) is 3.44. The Hall–Kier alpha value is -2.73. The number of benzene rings is 1. The van der Waals surface area contributed by atoms with E-state index in [1.165, 1.54) is 18.3 Å². The van der Waals surface area contributed by atoms with E-state index in [0.717, 1.165) is 5.56 Å². The molecule has 1 aromatic carbocycles. The van der Waals surface area contributed by atoms with Crippen LogP contribution in [0, 0.1) is 0 Å². The first kappa shape index (κ1) is 16.1. The number of ether oxygens (including phenoxy) is 1. The van der Waals surface area contributed by atoms with E-state index in [9.17, 15) is 9.59 Å². The molecule has 1 aromatic heterocycles. The summed E-state index contributed by atoms with van der Waals surface area (Å²) in [5.74, 6) is -1.28. The summed E-state index contributed by atoms with van der Waals surface area (Å²) in [6.07, 6.45) is 1.05. The molecule has 24 heavy (non-hydrogen) atoms. The van der Waals surface area contributed by atoms with E-state index >= 15 is 0 Å². The van der Waals surface area contributed by atoms with Gasteiger partial charge in [0, 0.05) is 12.7 Å². The molecule has 1 aliphatic rings. The van der Waals surface area contributed by atoms with Crippen LogP contribution in [-0.4, -0.2) is 46.1 Å². The molecule has 2 heterocycles. The number of hydrogen-bond donors (Lipinski definition) is 1. The molecule has 3 rings (SSSR count). The van der Waals surface area contributed by atoms with Crippen LogP contribution >= 0.6 is 0 Å². The standard InChI is InChI=1S/C18H18N2O4/c1-12-10-20(11-16(24-12)13-5-3-2-4-6-13)17(21)14-7-8-15(18(22)23)19-9-14/h2-9,12,16H,10-11H2,1H3,(H,22,23)/t12-,16-/m0/s1. The number of amides is 1. The lowest BCUT2D eigenvalue weighted by Gasteiger charge is -2.37. The van der Waals surface area contributed by atoms with Gasteiger partial charge < -0.3 is 14.7 Å². The van der Waals surface area contributed by atoms with Crippen molar-refractivity contribution in [1.29, 1.82) is 0 Å². The zero-order chi connectivity index (χ0) is 17.1. The minimum absolute atomic E-state index is 0.0796. The van der Waals surface area contributed by atoms with Gasteiger partial charge >= 0.3 is 5.97 Å². The Morgan fingerprint density at radius 3 is 2.54 bits per heavy atom. The van der Waals surface area contributed by atoms with Gasteiger partial charge in [0.05, 0.1) is 18.2 Å². The molecule has 124 valence electrons. The first-order chi connectivity index (χ1) is 11.5. The Bertz CT molecular complexity index is 730. The summed E-state index contributed by atoms with van der Waals surface area (Å²) in [5, 5.41) is 8.88. The summed E-state index contributed by atoms with van der Waals surface area (Å²) in [6, 6.07) is 12.6. The fourth-order valence-corrected chi connectivity index (χ4v) is 2.80. The molecule has 0 unspecified atom stereocenters. The van der Waals surface area contributed by atoms with Crippen LogP contribution in [0.2, 0.25) is 0 Å². The minimum Gasteiger partial charge on any atom is -0.477 e. The van der Waals surface area contributed by atoms with E-state index in [0.29, 0.717) is 18.7 Å². The Morgan fingerprint density at radius 1 is 1.17 bits per heavy atom. The number of carbonyl (C=O) groups excluding carboxylic acids is 1. The molecule has 0 saturated carbocycles. The van der Waals surface area contributed by atoms with Gasteiger partial charge in [-0.25, -0.2) is 9.78 Å². The van der Waals surface area contributed by atoms with Gasteiger partial charge in [0.25, 0.3) is 5.91 Å². The van der Waals surface area contributed by atoms with Gasteiger partial charge in [-0.15, -0.1) is 0 Å².